The Hall–Kier alpha value is -1.09. The van der Waals surface area contributed by atoms with Crippen LogP contribution in [-0.4, -0.2) is 11.1 Å². The molecule has 0 amide bonds. The summed E-state index contributed by atoms with van der Waals surface area (Å²) < 4.78 is 0.660. The predicted octanol–water partition coefficient (Wildman–Crippen LogP) is 3.29. The van der Waals surface area contributed by atoms with E-state index in [0.717, 1.165) is 5.56 Å². The topological polar surface area (TPSA) is 37.3 Å². The number of carbonyl (C=O) groups is 1. The van der Waals surface area contributed by atoms with E-state index in [4.69, 9.17) is 5.11 Å². The Bertz CT molecular complexity index is 355. The van der Waals surface area contributed by atoms with E-state index in [-0.39, 0.29) is 0 Å². The van der Waals surface area contributed by atoms with Crippen molar-refractivity contribution in [3.8, 4) is 0 Å². The van der Waals surface area contributed by atoms with Crippen molar-refractivity contribution in [2.45, 2.75) is 13.3 Å². The highest BCUT2D eigenvalue weighted by Crippen LogP contribution is 2.26. The van der Waals surface area contributed by atoms with Crippen molar-refractivity contribution in [3.63, 3.8) is 0 Å². The SMILES string of the molecule is CCC(C(=O)O)=C(Br)c1ccccc1. The summed E-state index contributed by atoms with van der Waals surface area (Å²) in [6.07, 6.45) is 0.505. The minimum absolute atomic E-state index is 0.399. The normalized spacial score (nSPS) is 12.1. The molecule has 0 saturated heterocycles. The number of carboxylic acid groups (broad SMARTS) is 1. The van der Waals surface area contributed by atoms with Gasteiger partial charge in [-0.2, -0.15) is 0 Å². The van der Waals surface area contributed by atoms with E-state index in [1.54, 1.807) is 0 Å². The molecule has 0 saturated carbocycles. The second-order valence-electron chi connectivity index (χ2n) is 2.82. The molecule has 0 aliphatic carbocycles. The first kappa shape index (κ1) is 11.0. The van der Waals surface area contributed by atoms with Crippen molar-refractivity contribution in [1.29, 1.82) is 0 Å². The van der Waals surface area contributed by atoms with Gasteiger partial charge in [0.2, 0.25) is 0 Å². The summed E-state index contributed by atoms with van der Waals surface area (Å²) >= 11 is 3.31. The monoisotopic (exact) mass is 254 g/mol. The first-order valence-electron chi connectivity index (χ1n) is 4.34. The van der Waals surface area contributed by atoms with Crippen LogP contribution in [0, 0.1) is 0 Å². The average Bonchev–Trinajstić information content (AvgIpc) is 2.19. The van der Waals surface area contributed by atoms with Crippen LogP contribution in [0.25, 0.3) is 4.48 Å². The molecule has 0 spiro atoms. The summed E-state index contributed by atoms with van der Waals surface area (Å²) in [5.41, 5.74) is 1.29. The van der Waals surface area contributed by atoms with Crippen LogP contribution in [0.3, 0.4) is 0 Å². The second kappa shape index (κ2) is 4.96. The van der Waals surface area contributed by atoms with Gasteiger partial charge in [0.25, 0.3) is 0 Å². The zero-order valence-electron chi connectivity index (χ0n) is 7.83. The summed E-state index contributed by atoms with van der Waals surface area (Å²) in [7, 11) is 0. The van der Waals surface area contributed by atoms with Gasteiger partial charge in [-0.25, -0.2) is 4.79 Å². The Kier molecular flexibility index (Phi) is 3.89. The maximum atomic E-state index is 10.9. The molecule has 0 radical (unpaired) electrons. The smallest absolute Gasteiger partial charge is 0.332 e. The Labute approximate surface area is 91.4 Å². The zero-order chi connectivity index (χ0) is 10.6. The van der Waals surface area contributed by atoms with Crippen LogP contribution in [0.4, 0.5) is 0 Å². The summed E-state index contributed by atoms with van der Waals surface area (Å²) in [5.74, 6) is -0.872. The van der Waals surface area contributed by atoms with Crippen LogP contribution in [0.15, 0.2) is 35.9 Å². The molecule has 0 aliphatic heterocycles. The highest BCUT2D eigenvalue weighted by Gasteiger charge is 2.11. The highest BCUT2D eigenvalue weighted by molar-refractivity contribution is 9.15. The summed E-state index contributed by atoms with van der Waals surface area (Å²) in [4.78, 5) is 10.9. The maximum Gasteiger partial charge on any atom is 0.332 e. The van der Waals surface area contributed by atoms with Crippen molar-refractivity contribution in [2.24, 2.45) is 0 Å². The van der Waals surface area contributed by atoms with Crippen molar-refractivity contribution in [3.05, 3.63) is 41.5 Å². The Morgan fingerprint density at radius 1 is 1.36 bits per heavy atom. The lowest BCUT2D eigenvalue weighted by atomic mass is 10.1. The zero-order valence-corrected chi connectivity index (χ0v) is 9.41. The van der Waals surface area contributed by atoms with Gasteiger partial charge in [-0.3, -0.25) is 0 Å². The molecule has 0 atom stereocenters. The van der Waals surface area contributed by atoms with Crippen molar-refractivity contribution in [2.75, 3.05) is 0 Å². The van der Waals surface area contributed by atoms with Crippen molar-refractivity contribution >= 4 is 26.4 Å². The van der Waals surface area contributed by atoms with Crippen LogP contribution in [0.1, 0.15) is 18.9 Å². The van der Waals surface area contributed by atoms with Gasteiger partial charge in [-0.1, -0.05) is 37.3 Å². The molecule has 2 nitrogen and oxygen atoms in total. The molecular weight excluding hydrogens is 244 g/mol. The third-order valence-electron chi connectivity index (χ3n) is 1.90. The van der Waals surface area contributed by atoms with E-state index >= 15 is 0 Å². The molecule has 14 heavy (non-hydrogen) atoms. The van der Waals surface area contributed by atoms with E-state index < -0.39 is 5.97 Å². The fraction of sp³-hybridized carbons (Fsp3) is 0.182. The largest absolute Gasteiger partial charge is 0.478 e. The predicted molar refractivity (Wildman–Crippen MR) is 60.2 cm³/mol. The van der Waals surface area contributed by atoms with Gasteiger partial charge in [0, 0.05) is 4.48 Å². The first-order chi connectivity index (χ1) is 6.66. The molecule has 1 aromatic rings. The third kappa shape index (κ3) is 2.45. The molecular formula is C11H11BrO2. The molecule has 1 aromatic carbocycles. The lowest BCUT2D eigenvalue weighted by Gasteiger charge is -2.04. The molecule has 1 rings (SSSR count). The van der Waals surface area contributed by atoms with Crippen LogP contribution in [-0.2, 0) is 4.79 Å². The second-order valence-corrected chi connectivity index (χ2v) is 3.61. The Morgan fingerprint density at radius 3 is 2.36 bits per heavy atom. The number of benzene rings is 1. The molecule has 0 unspecified atom stereocenters. The molecule has 0 aromatic heterocycles. The maximum absolute atomic E-state index is 10.9. The minimum atomic E-state index is -0.872. The van der Waals surface area contributed by atoms with Crippen LogP contribution >= 0.6 is 15.9 Å². The lowest BCUT2D eigenvalue weighted by molar-refractivity contribution is -0.132. The number of hydrogen-bond acceptors (Lipinski definition) is 1. The number of halogens is 1. The van der Waals surface area contributed by atoms with Crippen molar-refractivity contribution < 1.29 is 9.90 Å². The Morgan fingerprint density at radius 2 is 1.93 bits per heavy atom. The van der Waals surface area contributed by atoms with E-state index in [0.29, 0.717) is 16.5 Å². The van der Waals surface area contributed by atoms with Crippen LogP contribution < -0.4 is 0 Å². The fourth-order valence-corrected chi connectivity index (χ4v) is 1.87. The molecule has 74 valence electrons. The highest BCUT2D eigenvalue weighted by atomic mass is 79.9. The van der Waals surface area contributed by atoms with Crippen molar-refractivity contribution in [1.82, 2.24) is 0 Å². The van der Waals surface area contributed by atoms with Gasteiger partial charge in [0.15, 0.2) is 0 Å². The molecule has 0 fully saturated rings. The first-order valence-corrected chi connectivity index (χ1v) is 5.13. The third-order valence-corrected chi connectivity index (χ3v) is 2.84. The fourth-order valence-electron chi connectivity index (χ4n) is 1.16. The minimum Gasteiger partial charge on any atom is -0.478 e. The van der Waals surface area contributed by atoms with Gasteiger partial charge >= 0.3 is 5.97 Å². The van der Waals surface area contributed by atoms with E-state index in [9.17, 15) is 4.79 Å². The summed E-state index contributed by atoms with van der Waals surface area (Å²) in [6.45, 7) is 1.83. The number of carboxylic acids is 1. The molecule has 0 aliphatic rings. The van der Waals surface area contributed by atoms with Gasteiger partial charge in [0.1, 0.15) is 0 Å². The van der Waals surface area contributed by atoms with E-state index in [1.807, 2.05) is 37.3 Å². The van der Waals surface area contributed by atoms with Gasteiger partial charge in [-0.15, -0.1) is 0 Å². The van der Waals surface area contributed by atoms with Gasteiger partial charge in [0.05, 0.1) is 5.57 Å². The quantitative estimate of drug-likeness (QED) is 0.841. The molecule has 1 N–H and O–H groups in total. The molecule has 0 heterocycles. The van der Waals surface area contributed by atoms with E-state index in [1.165, 1.54) is 0 Å². The van der Waals surface area contributed by atoms with Gasteiger partial charge in [-0.05, 0) is 27.9 Å². The average molecular weight is 255 g/mol. The standard InChI is InChI=1S/C11H11BrO2/c1-2-9(11(13)14)10(12)8-6-4-3-5-7-8/h3-7H,2H2,1H3,(H,13,14). The van der Waals surface area contributed by atoms with Crippen LogP contribution in [0.5, 0.6) is 0 Å². The van der Waals surface area contributed by atoms with Gasteiger partial charge < -0.3 is 5.11 Å². The molecule has 3 heteroatoms. The lowest BCUT2D eigenvalue weighted by Crippen LogP contribution is -2.00. The van der Waals surface area contributed by atoms with Crippen LogP contribution in [0.2, 0.25) is 0 Å². The Balaban J connectivity index is 3.15. The number of aliphatic carboxylic acids is 1. The number of rotatable bonds is 3. The summed E-state index contributed by atoms with van der Waals surface area (Å²) in [6, 6.07) is 9.42. The van der Waals surface area contributed by atoms with E-state index in [2.05, 4.69) is 15.9 Å². The number of hydrogen-bond donors (Lipinski definition) is 1. The molecule has 0 bridgehead atoms. The summed E-state index contributed by atoms with van der Waals surface area (Å²) in [5, 5.41) is 8.92.